The standard InChI is InChI=1S/C22H26N2O3S/c1-3-5-11-16-23-22(25)21-20(17-12-7-6-8-13-17)18-14-9-10-15-19(18)24(4-2)28(21,26)27/h6-10,12-15H,3-5,11,16H2,1-2H3,(H,23,25). The molecular weight excluding hydrogens is 372 g/mol. The molecule has 0 atom stereocenters. The number of carbonyl (C=O) groups excluding carboxylic acids is 1. The molecule has 5 nitrogen and oxygen atoms in total. The smallest absolute Gasteiger partial charge is 0.270 e. The van der Waals surface area contributed by atoms with Crippen molar-refractivity contribution in [2.24, 2.45) is 0 Å². The summed E-state index contributed by atoms with van der Waals surface area (Å²) in [5.41, 5.74) is 2.54. The van der Waals surface area contributed by atoms with Gasteiger partial charge >= 0.3 is 0 Å². The van der Waals surface area contributed by atoms with Crippen LogP contribution >= 0.6 is 0 Å². The summed E-state index contributed by atoms with van der Waals surface area (Å²) in [5, 5.41) is 2.82. The Morgan fingerprint density at radius 3 is 2.32 bits per heavy atom. The number of para-hydroxylation sites is 1. The molecule has 0 radical (unpaired) electrons. The van der Waals surface area contributed by atoms with Gasteiger partial charge in [-0.05, 0) is 25.0 Å². The molecule has 1 heterocycles. The molecule has 0 saturated carbocycles. The fourth-order valence-corrected chi connectivity index (χ4v) is 5.28. The van der Waals surface area contributed by atoms with E-state index < -0.39 is 15.9 Å². The fraction of sp³-hybridized carbons (Fsp3) is 0.318. The number of hydrogen-bond donors (Lipinski definition) is 1. The van der Waals surface area contributed by atoms with Crippen LogP contribution in [0.3, 0.4) is 0 Å². The third-order valence-corrected chi connectivity index (χ3v) is 6.78. The van der Waals surface area contributed by atoms with Crippen molar-refractivity contribution in [2.75, 3.05) is 17.4 Å². The molecule has 0 saturated heterocycles. The first-order valence-electron chi connectivity index (χ1n) is 9.72. The zero-order valence-electron chi connectivity index (χ0n) is 16.3. The van der Waals surface area contributed by atoms with E-state index in [-0.39, 0.29) is 11.4 Å². The first kappa shape index (κ1) is 20.1. The zero-order chi connectivity index (χ0) is 20.1. The van der Waals surface area contributed by atoms with E-state index in [0.29, 0.717) is 23.4 Å². The van der Waals surface area contributed by atoms with E-state index in [4.69, 9.17) is 0 Å². The van der Waals surface area contributed by atoms with Crippen LogP contribution in [0.4, 0.5) is 5.69 Å². The number of amides is 1. The number of unbranched alkanes of at least 4 members (excludes halogenated alkanes) is 2. The number of carbonyl (C=O) groups is 1. The second kappa shape index (κ2) is 8.61. The predicted molar refractivity (Wildman–Crippen MR) is 113 cm³/mol. The summed E-state index contributed by atoms with van der Waals surface area (Å²) in [4.78, 5) is 12.9. The van der Waals surface area contributed by atoms with Gasteiger partial charge in [0, 0.05) is 24.2 Å². The van der Waals surface area contributed by atoms with Crippen molar-refractivity contribution in [3.8, 4) is 0 Å². The van der Waals surface area contributed by atoms with E-state index in [1.54, 1.807) is 13.0 Å². The number of rotatable bonds is 7. The summed E-state index contributed by atoms with van der Waals surface area (Å²) in [5.74, 6) is -0.539. The van der Waals surface area contributed by atoms with Crippen LogP contribution in [-0.4, -0.2) is 27.4 Å². The highest BCUT2D eigenvalue weighted by molar-refractivity contribution is 7.97. The number of benzene rings is 2. The van der Waals surface area contributed by atoms with Gasteiger partial charge in [0.2, 0.25) is 0 Å². The van der Waals surface area contributed by atoms with Gasteiger partial charge in [0.05, 0.1) is 5.69 Å². The molecule has 1 aliphatic heterocycles. The largest absolute Gasteiger partial charge is 0.351 e. The fourth-order valence-electron chi connectivity index (χ4n) is 3.51. The highest BCUT2D eigenvalue weighted by atomic mass is 32.2. The Bertz CT molecular complexity index is 982. The molecule has 2 aromatic carbocycles. The lowest BCUT2D eigenvalue weighted by atomic mass is 9.95. The van der Waals surface area contributed by atoms with E-state index in [1.165, 1.54) is 4.31 Å². The SMILES string of the molecule is CCCCCNC(=O)C1=C(c2ccccc2)c2ccccc2N(CC)S1(=O)=O. The predicted octanol–water partition coefficient (Wildman–Crippen LogP) is 3.92. The van der Waals surface area contributed by atoms with Gasteiger partial charge in [-0.1, -0.05) is 68.3 Å². The summed E-state index contributed by atoms with van der Waals surface area (Å²) >= 11 is 0. The van der Waals surface area contributed by atoms with E-state index in [2.05, 4.69) is 12.2 Å². The molecule has 0 unspecified atom stereocenters. The molecule has 0 aliphatic carbocycles. The van der Waals surface area contributed by atoms with E-state index >= 15 is 0 Å². The maximum absolute atomic E-state index is 13.4. The zero-order valence-corrected chi connectivity index (χ0v) is 17.1. The van der Waals surface area contributed by atoms with Crippen molar-refractivity contribution in [3.63, 3.8) is 0 Å². The molecule has 1 amide bonds. The minimum Gasteiger partial charge on any atom is -0.351 e. The minimum absolute atomic E-state index is 0.171. The number of nitrogens with zero attached hydrogens (tertiary/aromatic N) is 1. The Balaban J connectivity index is 2.20. The third kappa shape index (κ3) is 3.69. The van der Waals surface area contributed by atoms with Crippen LogP contribution in [0, 0.1) is 0 Å². The maximum atomic E-state index is 13.4. The van der Waals surface area contributed by atoms with Crippen LogP contribution in [0.2, 0.25) is 0 Å². The highest BCUT2D eigenvalue weighted by Gasteiger charge is 2.40. The van der Waals surface area contributed by atoms with Gasteiger partial charge in [-0.25, -0.2) is 8.42 Å². The van der Waals surface area contributed by atoms with E-state index in [0.717, 1.165) is 24.8 Å². The Morgan fingerprint density at radius 2 is 1.64 bits per heavy atom. The monoisotopic (exact) mass is 398 g/mol. The minimum atomic E-state index is -3.97. The van der Waals surface area contributed by atoms with Crippen molar-refractivity contribution < 1.29 is 13.2 Å². The van der Waals surface area contributed by atoms with Crippen LogP contribution in [0.15, 0.2) is 59.5 Å². The first-order chi connectivity index (χ1) is 13.5. The number of anilines is 1. The Morgan fingerprint density at radius 1 is 0.964 bits per heavy atom. The molecule has 3 rings (SSSR count). The lowest BCUT2D eigenvalue weighted by Crippen LogP contribution is -2.41. The van der Waals surface area contributed by atoms with Crippen molar-refractivity contribution in [3.05, 3.63) is 70.6 Å². The van der Waals surface area contributed by atoms with Gasteiger partial charge in [0.25, 0.3) is 15.9 Å². The van der Waals surface area contributed by atoms with Crippen LogP contribution in [0.5, 0.6) is 0 Å². The molecule has 0 fully saturated rings. The topological polar surface area (TPSA) is 66.5 Å². The highest BCUT2D eigenvalue weighted by Crippen LogP contribution is 2.42. The van der Waals surface area contributed by atoms with Gasteiger partial charge < -0.3 is 5.32 Å². The molecule has 148 valence electrons. The van der Waals surface area contributed by atoms with E-state index in [9.17, 15) is 13.2 Å². The van der Waals surface area contributed by atoms with Crippen molar-refractivity contribution >= 4 is 27.2 Å². The Hall–Kier alpha value is -2.60. The van der Waals surface area contributed by atoms with Crippen molar-refractivity contribution in [1.82, 2.24) is 5.32 Å². The van der Waals surface area contributed by atoms with Crippen LogP contribution in [0.1, 0.15) is 44.2 Å². The summed E-state index contributed by atoms with van der Waals surface area (Å²) in [6.45, 7) is 4.58. The molecule has 0 aromatic heterocycles. The molecule has 6 heteroatoms. The summed E-state index contributed by atoms with van der Waals surface area (Å²) in [6.07, 6.45) is 2.84. The van der Waals surface area contributed by atoms with Crippen LogP contribution in [-0.2, 0) is 14.8 Å². The average molecular weight is 399 g/mol. The molecule has 0 spiro atoms. The Kier molecular flexibility index (Phi) is 6.19. The molecule has 0 bridgehead atoms. The molecule has 1 N–H and O–H groups in total. The second-order valence-corrected chi connectivity index (χ2v) is 8.52. The van der Waals surface area contributed by atoms with Gasteiger partial charge in [0.15, 0.2) is 4.91 Å². The van der Waals surface area contributed by atoms with Crippen molar-refractivity contribution in [1.29, 1.82) is 0 Å². The quantitative estimate of drug-likeness (QED) is 0.719. The van der Waals surface area contributed by atoms with Gasteiger partial charge in [0.1, 0.15) is 0 Å². The second-order valence-electron chi connectivity index (χ2n) is 6.72. The number of sulfonamides is 1. The van der Waals surface area contributed by atoms with E-state index in [1.807, 2.05) is 48.5 Å². The van der Waals surface area contributed by atoms with Crippen LogP contribution in [0.25, 0.3) is 5.57 Å². The van der Waals surface area contributed by atoms with Crippen LogP contribution < -0.4 is 9.62 Å². The normalized spacial score (nSPS) is 15.3. The summed E-state index contributed by atoms with van der Waals surface area (Å²) in [6, 6.07) is 16.6. The van der Waals surface area contributed by atoms with Crippen molar-refractivity contribution in [2.45, 2.75) is 33.1 Å². The van der Waals surface area contributed by atoms with Gasteiger partial charge in [-0.3, -0.25) is 9.10 Å². The maximum Gasteiger partial charge on any atom is 0.270 e. The Labute approximate surface area is 167 Å². The number of hydrogen-bond acceptors (Lipinski definition) is 3. The molecule has 2 aromatic rings. The molecular formula is C22H26N2O3S. The lowest BCUT2D eigenvalue weighted by molar-refractivity contribution is -0.116. The summed E-state index contributed by atoms with van der Waals surface area (Å²) < 4.78 is 28.2. The number of fused-ring (bicyclic) bond motifs is 1. The third-order valence-electron chi connectivity index (χ3n) is 4.84. The first-order valence-corrected chi connectivity index (χ1v) is 11.2. The average Bonchev–Trinajstić information content (AvgIpc) is 2.70. The molecule has 28 heavy (non-hydrogen) atoms. The summed E-state index contributed by atoms with van der Waals surface area (Å²) in [7, 11) is -3.97. The lowest BCUT2D eigenvalue weighted by Gasteiger charge is -2.32. The van der Waals surface area contributed by atoms with Gasteiger partial charge in [-0.15, -0.1) is 0 Å². The number of nitrogens with one attached hydrogen (secondary N) is 1. The molecule has 1 aliphatic rings. The van der Waals surface area contributed by atoms with Gasteiger partial charge in [-0.2, -0.15) is 0 Å².